The van der Waals surface area contributed by atoms with Gasteiger partial charge in [0.25, 0.3) is 0 Å². The molecule has 4 heteroatoms. The summed E-state index contributed by atoms with van der Waals surface area (Å²) in [7, 11) is 0. The number of halogens is 1. The number of aryl methyl sites for hydroxylation is 1. The van der Waals surface area contributed by atoms with E-state index in [9.17, 15) is 0 Å². The third kappa shape index (κ3) is 4.46. The SMILES string of the molecule is Cc1ccc(-c2csc(=NCc3ccccc3)n2-c2ccccc2)cc1.[Br-]. The Morgan fingerprint density at radius 1 is 0.815 bits per heavy atom. The Hall–Kier alpha value is -2.43. The summed E-state index contributed by atoms with van der Waals surface area (Å²) in [6, 6.07) is 29.5. The van der Waals surface area contributed by atoms with Crippen LogP contribution in [0.25, 0.3) is 16.9 Å². The molecule has 0 N–H and O–H groups in total. The van der Waals surface area contributed by atoms with Gasteiger partial charge < -0.3 is 17.0 Å². The lowest BCUT2D eigenvalue weighted by molar-refractivity contribution is -0.00000517. The van der Waals surface area contributed by atoms with E-state index in [4.69, 9.17) is 4.99 Å². The zero-order chi connectivity index (χ0) is 17.8. The fourth-order valence-electron chi connectivity index (χ4n) is 2.92. The summed E-state index contributed by atoms with van der Waals surface area (Å²) >= 11 is 1.69. The average Bonchev–Trinajstić information content (AvgIpc) is 3.12. The van der Waals surface area contributed by atoms with Crippen molar-refractivity contribution in [2.24, 2.45) is 4.99 Å². The van der Waals surface area contributed by atoms with Crippen LogP contribution in [0.15, 0.2) is 95.3 Å². The Morgan fingerprint density at radius 3 is 2.11 bits per heavy atom. The Morgan fingerprint density at radius 2 is 1.44 bits per heavy atom. The Balaban J connectivity index is 0.00000210. The van der Waals surface area contributed by atoms with E-state index in [-0.39, 0.29) is 17.0 Å². The molecule has 0 saturated heterocycles. The highest BCUT2D eigenvalue weighted by atomic mass is 79.9. The van der Waals surface area contributed by atoms with Crippen LogP contribution >= 0.6 is 11.3 Å². The summed E-state index contributed by atoms with van der Waals surface area (Å²) in [5.41, 5.74) is 6.00. The molecule has 1 heterocycles. The molecule has 2 nitrogen and oxygen atoms in total. The number of hydrogen-bond acceptors (Lipinski definition) is 2. The molecular formula is C23H20BrN2S-. The molecule has 0 fully saturated rings. The zero-order valence-corrected chi connectivity index (χ0v) is 17.5. The van der Waals surface area contributed by atoms with Crippen molar-refractivity contribution in [3.63, 3.8) is 0 Å². The summed E-state index contributed by atoms with van der Waals surface area (Å²) < 4.78 is 2.25. The first-order valence-electron chi connectivity index (χ1n) is 8.69. The number of aromatic nitrogens is 1. The third-order valence-electron chi connectivity index (χ3n) is 4.31. The largest absolute Gasteiger partial charge is 1.00 e. The molecule has 0 unspecified atom stereocenters. The molecule has 0 aliphatic carbocycles. The van der Waals surface area contributed by atoms with E-state index in [0.717, 1.165) is 10.5 Å². The van der Waals surface area contributed by atoms with E-state index < -0.39 is 0 Å². The molecule has 0 spiro atoms. The average molecular weight is 436 g/mol. The first-order valence-corrected chi connectivity index (χ1v) is 9.57. The summed E-state index contributed by atoms with van der Waals surface area (Å²) in [6.45, 7) is 2.80. The Labute approximate surface area is 174 Å². The molecule has 0 saturated carbocycles. The van der Waals surface area contributed by atoms with Crippen LogP contribution in [0.2, 0.25) is 0 Å². The van der Waals surface area contributed by atoms with Gasteiger partial charge in [-0.25, -0.2) is 0 Å². The van der Waals surface area contributed by atoms with Crippen molar-refractivity contribution in [3.05, 3.63) is 106 Å². The number of hydrogen-bond donors (Lipinski definition) is 0. The third-order valence-corrected chi connectivity index (χ3v) is 5.17. The van der Waals surface area contributed by atoms with Gasteiger partial charge in [-0.1, -0.05) is 78.4 Å². The summed E-state index contributed by atoms with van der Waals surface area (Å²) in [5, 5.41) is 2.20. The maximum absolute atomic E-state index is 4.90. The van der Waals surface area contributed by atoms with E-state index in [1.54, 1.807) is 11.3 Å². The van der Waals surface area contributed by atoms with Gasteiger partial charge in [0.1, 0.15) is 0 Å². The highest BCUT2D eigenvalue weighted by molar-refractivity contribution is 7.07. The van der Waals surface area contributed by atoms with Gasteiger partial charge in [0.2, 0.25) is 0 Å². The van der Waals surface area contributed by atoms with Gasteiger partial charge in [0, 0.05) is 11.1 Å². The topological polar surface area (TPSA) is 17.3 Å². The zero-order valence-electron chi connectivity index (χ0n) is 15.0. The second-order valence-electron chi connectivity index (χ2n) is 6.24. The van der Waals surface area contributed by atoms with Gasteiger partial charge in [-0.2, -0.15) is 0 Å². The van der Waals surface area contributed by atoms with Gasteiger partial charge in [-0.05, 0) is 30.2 Å². The number of benzene rings is 3. The molecule has 4 aromatic rings. The van der Waals surface area contributed by atoms with Crippen molar-refractivity contribution in [1.29, 1.82) is 0 Å². The first-order chi connectivity index (χ1) is 12.8. The van der Waals surface area contributed by atoms with Crippen molar-refractivity contribution in [2.75, 3.05) is 0 Å². The summed E-state index contributed by atoms with van der Waals surface area (Å²) in [4.78, 5) is 5.91. The molecule has 1 aromatic heterocycles. The molecule has 0 bridgehead atoms. The van der Waals surface area contributed by atoms with Crippen LogP contribution in [-0.4, -0.2) is 4.57 Å². The molecule has 3 aromatic carbocycles. The predicted molar refractivity (Wildman–Crippen MR) is 110 cm³/mol. The van der Waals surface area contributed by atoms with E-state index in [1.165, 1.54) is 22.4 Å². The van der Waals surface area contributed by atoms with Crippen LogP contribution in [0.4, 0.5) is 0 Å². The number of nitrogens with zero attached hydrogens (tertiary/aromatic N) is 2. The smallest absolute Gasteiger partial charge is 0.190 e. The van der Waals surface area contributed by atoms with Crippen LogP contribution in [-0.2, 0) is 6.54 Å². The quantitative estimate of drug-likeness (QED) is 0.468. The first kappa shape index (κ1) is 19.3. The molecule has 0 atom stereocenters. The number of para-hydroxylation sites is 1. The molecule has 27 heavy (non-hydrogen) atoms. The minimum atomic E-state index is 0. The van der Waals surface area contributed by atoms with Gasteiger partial charge in [0.05, 0.1) is 12.2 Å². The minimum Gasteiger partial charge on any atom is -1.00 e. The van der Waals surface area contributed by atoms with E-state index >= 15 is 0 Å². The van der Waals surface area contributed by atoms with E-state index in [0.29, 0.717) is 6.54 Å². The fourth-order valence-corrected chi connectivity index (χ4v) is 3.82. The normalized spacial score (nSPS) is 11.2. The van der Waals surface area contributed by atoms with Crippen LogP contribution in [0.1, 0.15) is 11.1 Å². The standard InChI is InChI=1S/C23H20N2S.BrH/c1-18-12-14-20(15-13-18)22-17-26-23(24-16-19-8-4-2-5-9-19)25(22)21-10-6-3-7-11-21;/h2-15,17H,16H2,1H3;1H/p-1. The number of thiazole rings is 1. The van der Waals surface area contributed by atoms with Crippen LogP contribution in [0.5, 0.6) is 0 Å². The summed E-state index contributed by atoms with van der Waals surface area (Å²) in [6.07, 6.45) is 0. The highest BCUT2D eigenvalue weighted by Crippen LogP contribution is 2.23. The van der Waals surface area contributed by atoms with Crippen molar-refractivity contribution >= 4 is 11.3 Å². The maximum Gasteiger partial charge on any atom is 0.190 e. The number of rotatable bonds is 4. The molecule has 0 aliphatic rings. The summed E-state index contributed by atoms with van der Waals surface area (Å²) in [5.74, 6) is 0. The van der Waals surface area contributed by atoms with Crippen molar-refractivity contribution in [1.82, 2.24) is 4.57 Å². The lowest BCUT2D eigenvalue weighted by Gasteiger charge is -2.09. The second kappa shape index (κ2) is 8.98. The lowest BCUT2D eigenvalue weighted by atomic mass is 10.1. The molecule has 0 amide bonds. The van der Waals surface area contributed by atoms with Crippen LogP contribution in [0.3, 0.4) is 0 Å². The lowest BCUT2D eigenvalue weighted by Crippen LogP contribution is -3.00. The van der Waals surface area contributed by atoms with Gasteiger partial charge in [-0.3, -0.25) is 9.56 Å². The highest BCUT2D eigenvalue weighted by Gasteiger charge is 2.09. The molecular weight excluding hydrogens is 416 g/mol. The monoisotopic (exact) mass is 435 g/mol. The maximum atomic E-state index is 4.90. The molecule has 0 aliphatic heterocycles. The van der Waals surface area contributed by atoms with Gasteiger partial charge in [-0.15, -0.1) is 11.3 Å². The van der Waals surface area contributed by atoms with Crippen molar-refractivity contribution in [2.45, 2.75) is 13.5 Å². The minimum absolute atomic E-state index is 0. The van der Waals surface area contributed by atoms with E-state index in [2.05, 4.69) is 89.7 Å². The van der Waals surface area contributed by atoms with Crippen molar-refractivity contribution in [3.8, 4) is 16.9 Å². The van der Waals surface area contributed by atoms with Crippen LogP contribution in [0, 0.1) is 6.92 Å². The fraction of sp³-hybridized carbons (Fsp3) is 0.0870. The van der Waals surface area contributed by atoms with Gasteiger partial charge in [0.15, 0.2) is 4.80 Å². The molecule has 0 radical (unpaired) electrons. The van der Waals surface area contributed by atoms with Gasteiger partial charge >= 0.3 is 0 Å². The van der Waals surface area contributed by atoms with Crippen LogP contribution < -0.4 is 21.8 Å². The second-order valence-corrected chi connectivity index (χ2v) is 7.08. The molecule has 4 rings (SSSR count). The Bertz CT molecular complexity index is 1050. The van der Waals surface area contributed by atoms with Crippen molar-refractivity contribution < 1.29 is 17.0 Å². The predicted octanol–water partition coefficient (Wildman–Crippen LogP) is 2.62. The molecule has 136 valence electrons. The van der Waals surface area contributed by atoms with E-state index in [1.807, 2.05) is 12.1 Å². The Kier molecular flexibility index (Phi) is 6.43.